The molecule has 2 unspecified atom stereocenters. The fourth-order valence-electron chi connectivity index (χ4n) is 3.16. The molecule has 1 aliphatic rings. The number of fused-ring (bicyclic) bond motifs is 1. The SMILES string of the molecule is Cc1ccccc1C(C)NC1CCCc2sc(Cl)cc21. The van der Waals surface area contributed by atoms with Gasteiger partial charge in [0.1, 0.15) is 0 Å². The Balaban J connectivity index is 1.80. The minimum atomic E-state index is 0.367. The van der Waals surface area contributed by atoms with E-state index in [1.54, 1.807) is 11.3 Å². The lowest BCUT2D eigenvalue weighted by molar-refractivity contribution is 0.417. The van der Waals surface area contributed by atoms with Crippen molar-refractivity contribution < 1.29 is 0 Å². The van der Waals surface area contributed by atoms with E-state index >= 15 is 0 Å². The number of nitrogens with one attached hydrogen (secondary N) is 1. The maximum absolute atomic E-state index is 6.19. The molecule has 1 aromatic heterocycles. The Morgan fingerprint density at radius 1 is 1.35 bits per heavy atom. The summed E-state index contributed by atoms with van der Waals surface area (Å²) in [6, 6.07) is 11.6. The molecule has 0 saturated carbocycles. The van der Waals surface area contributed by atoms with Crippen molar-refractivity contribution in [2.45, 2.75) is 45.2 Å². The number of aryl methyl sites for hydroxylation is 2. The molecule has 3 rings (SSSR count). The Bertz CT molecular complexity index is 605. The lowest BCUT2D eigenvalue weighted by atomic mass is 9.92. The molecule has 1 N–H and O–H groups in total. The van der Waals surface area contributed by atoms with Crippen LogP contribution in [-0.4, -0.2) is 0 Å². The number of thiophene rings is 1. The van der Waals surface area contributed by atoms with Gasteiger partial charge in [-0.3, -0.25) is 0 Å². The highest BCUT2D eigenvalue weighted by Gasteiger charge is 2.24. The third kappa shape index (κ3) is 2.78. The number of hydrogen-bond acceptors (Lipinski definition) is 2. The van der Waals surface area contributed by atoms with Crippen molar-refractivity contribution in [3.63, 3.8) is 0 Å². The Labute approximate surface area is 130 Å². The second-order valence-corrected chi connectivity index (χ2v) is 7.39. The molecule has 0 fully saturated rings. The molecular weight excluding hydrogens is 286 g/mol. The van der Waals surface area contributed by atoms with Gasteiger partial charge in [-0.25, -0.2) is 0 Å². The van der Waals surface area contributed by atoms with Gasteiger partial charge in [0.25, 0.3) is 0 Å². The van der Waals surface area contributed by atoms with Crippen LogP contribution in [0.1, 0.15) is 53.4 Å². The number of halogens is 1. The Morgan fingerprint density at radius 2 is 2.15 bits per heavy atom. The monoisotopic (exact) mass is 305 g/mol. The van der Waals surface area contributed by atoms with Gasteiger partial charge in [0.2, 0.25) is 0 Å². The summed E-state index contributed by atoms with van der Waals surface area (Å²) >= 11 is 7.93. The molecule has 0 saturated heterocycles. The van der Waals surface area contributed by atoms with Gasteiger partial charge in [-0.05, 0) is 55.9 Å². The van der Waals surface area contributed by atoms with Crippen molar-refractivity contribution in [2.75, 3.05) is 0 Å². The Hall–Kier alpha value is -0.830. The van der Waals surface area contributed by atoms with E-state index in [-0.39, 0.29) is 0 Å². The second kappa shape index (κ2) is 5.88. The summed E-state index contributed by atoms with van der Waals surface area (Å²) in [5.41, 5.74) is 4.17. The van der Waals surface area contributed by atoms with Crippen LogP contribution in [-0.2, 0) is 6.42 Å². The van der Waals surface area contributed by atoms with Crippen molar-refractivity contribution in [1.82, 2.24) is 5.32 Å². The minimum absolute atomic E-state index is 0.367. The molecule has 0 amide bonds. The van der Waals surface area contributed by atoms with Gasteiger partial charge in [0.15, 0.2) is 0 Å². The number of benzene rings is 1. The normalized spacial score (nSPS) is 19.6. The zero-order valence-electron chi connectivity index (χ0n) is 11.9. The van der Waals surface area contributed by atoms with E-state index in [0.29, 0.717) is 12.1 Å². The predicted octanol–water partition coefficient (Wildman–Crippen LogP) is 5.44. The van der Waals surface area contributed by atoms with Gasteiger partial charge in [-0.15, -0.1) is 11.3 Å². The van der Waals surface area contributed by atoms with Crippen LogP contribution in [0, 0.1) is 6.92 Å². The molecule has 1 aliphatic carbocycles. The van der Waals surface area contributed by atoms with Crippen molar-refractivity contribution in [3.8, 4) is 0 Å². The van der Waals surface area contributed by atoms with Crippen molar-refractivity contribution in [1.29, 1.82) is 0 Å². The molecule has 0 radical (unpaired) electrons. The molecule has 2 atom stereocenters. The first kappa shape index (κ1) is 14.1. The van der Waals surface area contributed by atoms with Crippen LogP contribution < -0.4 is 5.32 Å². The standard InChI is InChI=1S/C17H20ClNS/c1-11-6-3-4-7-13(11)12(2)19-15-8-5-9-16-14(15)10-17(18)20-16/h3-4,6-7,10,12,15,19H,5,8-9H2,1-2H3. The summed E-state index contributed by atoms with van der Waals surface area (Å²) in [5, 5.41) is 3.79. The average Bonchev–Trinajstić information content (AvgIpc) is 2.80. The molecule has 1 aromatic carbocycles. The fourth-order valence-corrected chi connectivity index (χ4v) is 4.54. The molecule has 0 bridgehead atoms. The third-order valence-electron chi connectivity index (χ3n) is 4.19. The van der Waals surface area contributed by atoms with Gasteiger partial charge in [-0.1, -0.05) is 35.9 Å². The molecule has 0 aliphatic heterocycles. The van der Waals surface area contributed by atoms with Crippen LogP contribution in [0.5, 0.6) is 0 Å². The van der Waals surface area contributed by atoms with E-state index in [9.17, 15) is 0 Å². The lowest BCUT2D eigenvalue weighted by Crippen LogP contribution is -2.27. The molecule has 0 spiro atoms. The van der Waals surface area contributed by atoms with Crippen molar-refractivity contribution in [2.24, 2.45) is 0 Å². The average molecular weight is 306 g/mol. The van der Waals surface area contributed by atoms with Gasteiger partial charge in [0, 0.05) is 17.0 Å². The smallest absolute Gasteiger partial charge is 0.0934 e. The first-order chi connectivity index (χ1) is 9.65. The highest BCUT2D eigenvalue weighted by molar-refractivity contribution is 7.16. The zero-order valence-corrected chi connectivity index (χ0v) is 13.5. The maximum Gasteiger partial charge on any atom is 0.0934 e. The second-order valence-electron chi connectivity index (χ2n) is 5.62. The van der Waals surface area contributed by atoms with Crippen LogP contribution in [0.4, 0.5) is 0 Å². The topological polar surface area (TPSA) is 12.0 Å². The first-order valence-corrected chi connectivity index (χ1v) is 8.44. The van der Waals surface area contributed by atoms with Crippen molar-refractivity contribution in [3.05, 3.63) is 56.2 Å². The van der Waals surface area contributed by atoms with Crippen LogP contribution in [0.2, 0.25) is 4.34 Å². The predicted molar refractivity (Wildman–Crippen MR) is 87.7 cm³/mol. The van der Waals surface area contributed by atoms with Gasteiger partial charge >= 0.3 is 0 Å². The minimum Gasteiger partial charge on any atom is -0.303 e. The van der Waals surface area contributed by atoms with Crippen molar-refractivity contribution >= 4 is 22.9 Å². The summed E-state index contributed by atoms with van der Waals surface area (Å²) < 4.78 is 0.923. The lowest BCUT2D eigenvalue weighted by Gasteiger charge is -2.28. The summed E-state index contributed by atoms with van der Waals surface area (Å²) in [4.78, 5) is 1.47. The first-order valence-electron chi connectivity index (χ1n) is 7.25. The van der Waals surface area contributed by atoms with Crippen LogP contribution >= 0.6 is 22.9 Å². The van der Waals surface area contributed by atoms with E-state index in [0.717, 1.165) is 4.34 Å². The van der Waals surface area contributed by atoms with E-state index in [4.69, 9.17) is 11.6 Å². The van der Waals surface area contributed by atoms with E-state index < -0.39 is 0 Å². The fraction of sp³-hybridized carbons (Fsp3) is 0.412. The summed E-state index contributed by atoms with van der Waals surface area (Å²) in [7, 11) is 0. The molecule has 1 nitrogen and oxygen atoms in total. The number of hydrogen-bond donors (Lipinski definition) is 1. The number of rotatable bonds is 3. The van der Waals surface area contributed by atoms with Gasteiger partial charge < -0.3 is 5.32 Å². The summed E-state index contributed by atoms with van der Waals surface area (Å²) in [6.45, 7) is 4.44. The van der Waals surface area contributed by atoms with E-state index in [2.05, 4.69) is 49.5 Å². The third-order valence-corrected chi connectivity index (χ3v) is 5.53. The highest BCUT2D eigenvalue weighted by atomic mass is 35.5. The summed E-state index contributed by atoms with van der Waals surface area (Å²) in [5.74, 6) is 0. The largest absolute Gasteiger partial charge is 0.303 e. The maximum atomic E-state index is 6.19. The quantitative estimate of drug-likeness (QED) is 0.796. The molecule has 1 heterocycles. The van der Waals surface area contributed by atoms with E-state index in [1.807, 2.05) is 0 Å². The van der Waals surface area contributed by atoms with Crippen LogP contribution in [0.3, 0.4) is 0 Å². The molecule has 3 heteroatoms. The molecule has 106 valence electrons. The van der Waals surface area contributed by atoms with Gasteiger partial charge in [-0.2, -0.15) is 0 Å². The molecule has 2 aromatic rings. The molecule has 20 heavy (non-hydrogen) atoms. The highest BCUT2D eigenvalue weighted by Crippen LogP contribution is 2.38. The van der Waals surface area contributed by atoms with Crippen LogP contribution in [0.25, 0.3) is 0 Å². The van der Waals surface area contributed by atoms with E-state index in [1.165, 1.54) is 40.8 Å². The Kier molecular flexibility index (Phi) is 4.16. The van der Waals surface area contributed by atoms with Crippen LogP contribution in [0.15, 0.2) is 30.3 Å². The summed E-state index contributed by atoms with van der Waals surface area (Å²) in [6.07, 6.45) is 3.64. The Morgan fingerprint density at radius 3 is 2.95 bits per heavy atom. The zero-order chi connectivity index (χ0) is 14.1. The molecular formula is C17H20ClNS. The van der Waals surface area contributed by atoms with Gasteiger partial charge in [0.05, 0.1) is 4.34 Å².